The summed E-state index contributed by atoms with van der Waals surface area (Å²) in [6.07, 6.45) is 0.0278. The van der Waals surface area contributed by atoms with Gasteiger partial charge in [0.2, 0.25) is 5.91 Å². The number of fused-ring (bicyclic) bond motifs is 1. The van der Waals surface area contributed by atoms with E-state index in [4.69, 9.17) is 11.6 Å². The van der Waals surface area contributed by atoms with Crippen molar-refractivity contribution in [3.63, 3.8) is 0 Å². The number of rotatable bonds is 3. The van der Waals surface area contributed by atoms with Gasteiger partial charge in [-0.2, -0.15) is 0 Å². The second-order valence-electron chi connectivity index (χ2n) is 5.25. The van der Waals surface area contributed by atoms with E-state index in [2.05, 4.69) is 5.32 Å². The molecule has 4 heteroatoms. The summed E-state index contributed by atoms with van der Waals surface area (Å²) in [4.78, 5) is 11.9. The Labute approximate surface area is 128 Å². The maximum Gasteiger partial charge on any atom is 0.231 e. The highest BCUT2D eigenvalue weighted by atomic mass is 35.5. The molecule has 0 saturated carbocycles. The van der Waals surface area contributed by atoms with Gasteiger partial charge in [0.05, 0.1) is 5.92 Å². The molecule has 1 amide bonds. The van der Waals surface area contributed by atoms with Crippen LogP contribution < -0.4 is 5.32 Å². The van der Waals surface area contributed by atoms with Crippen molar-refractivity contribution in [3.8, 4) is 0 Å². The van der Waals surface area contributed by atoms with E-state index in [9.17, 15) is 9.90 Å². The zero-order valence-electron chi connectivity index (χ0n) is 11.6. The second kappa shape index (κ2) is 5.51. The molecule has 0 bridgehead atoms. The van der Waals surface area contributed by atoms with E-state index in [1.807, 2.05) is 25.1 Å². The van der Waals surface area contributed by atoms with Crippen LogP contribution in [0.3, 0.4) is 0 Å². The molecule has 0 saturated heterocycles. The van der Waals surface area contributed by atoms with Crippen molar-refractivity contribution in [2.24, 2.45) is 0 Å². The van der Waals surface area contributed by atoms with Crippen molar-refractivity contribution in [2.45, 2.75) is 25.4 Å². The Kier molecular flexibility index (Phi) is 3.70. The fourth-order valence-corrected chi connectivity index (χ4v) is 2.88. The van der Waals surface area contributed by atoms with Crippen molar-refractivity contribution < 1.29 is 9.90 Å². The van der Waals surface area contributed by atoms with Gasteiger partial charge < -0.3 is 10.4 Å². The SMILES string of the molecule is CCC1C(=O)Nc2ccc(C(O)c3ccc(Cl)cc3)cc21. The van der Waals surface area contributed by atoms with Gasteiger partial charge in [-0.05, 0) is 47.4 Å². The van der Waals surface area contributed by atoms with E-state index in [0.717, 1.165) is 28.8 Å². The summed E-state index contributed by atoms with van der Waals surface area (Å²) in [5.74, 6) is -0.0944. The van der Waals surface area contributed by atoms with Crippen molar-refractivity contribution >= 4 is 23.2 Å². The second-order valence-corrected chi connectivity index (χ2v) is 5.69. The van der Waals surface area contributed by atoms with Crippen LogP contribution in [0.5, 0.6) is 0 Å². The van der Waals surface area contributed by atoms with Crippen LogP contribution in [-0.2, 0) is 4.79 Å². The summed E-state index contributed by atoms with van der Waals surface area (Å²) in [7, 11) is 0. The first kappa shape index (κ1) is 14.1. The third-order valence-electron chi connectivity index (χ3n) is 3.94. The zero-order chi connectivity index (χ0) is 15.0. The molecule has 2 aromatic rings. The number of halogens is 1. The predicted octanol–water partition coefficient (Wildman–Crippen LogP) is 3.87. The molecule has 2 N–H and O–H groups in total. The third kappa shape index (κ3) is 2.55. The standard InChI is InChI=1S/C17H16ClNO2/c1-2-13-14-9-11(5-8-15(14)19-17(13)21)16(20)10-3-6-12(18)7-4-10/h3-9,13,16,20H,2H2,1H3,(H,19,21). The monoisotopic (exact) mass is 301 g/mol. The van der Waals surface area contributed by atoms with Crippen LogP contribution in [0.2, 0.25) is 5.02 Å². The smallest absolute Gasteiger partial charge is 0.231 e. The van der Waals surface area contributed by atoms with E-state index in [1.54, 1.807) is 24.3 Å². The zero-order valence-corrected chi connectivity index (χ0v) is 12.4. The molecule has 1 heterocycles. The number of aliphatic hydroxyl groups is 1. The molecule has 1 aliphatic heterocycles. The summed E-state index contributed by atoms with van der Waals surface area (Å²) in [5.41, 5.74) is 3.38. The molecule has 0 aromatic heterocycles. The van der Waals surface area contributed by atoms with Gasteiger partial charge in [0, 0.05) is 10.7 Å². The van der Waals surface area contributed by atoms with E-state index in [-0.39, 0.29) is 11.8 Å². The van der Waals surface area contributed by atoms with Crippen molar-refractivity contribution in [2.75, 3.05) is 5.32 Å². The number of carbonyl (C=O) groups is 1. The van der Waals surface area contributed by atoms with Crippen LogP contribution in [0.1, 0.15) is 42.1 Å². The lowest BCUT2D eigenvalue weighted by molar-refractivity contribution is -0.117. The summed E-state index contributed by atoms with van der Waals surface area (Å²) in [5, 5.41) is 14.0. The number of amides is 1. The van der Waals surface area contributed by atoms with Crippen molar-refractivity contribution in [1.82, 2.24) is 0 Å². The maximum absolute atomic E-state index is 11.9. The van der Waals surface area contributed by atoms with Crippen LogP contribution in [0.25, 0.3) is 0 Å². The van der Waals surface area contributed by atoms with Gasteiger partial charge in [-0.15, -0.1) is 0 Å². The van der Waals surface area contributed by atoms with Crippen LogP contribution in [0.4, 0.5) is 5.69 Å². The first-order valence-corrected chi connectivity index (χ1v) is 7.36. The molecule has 3 nitrogen and oxygen atoms in total. The van der Waals surface area contributed by atoms with Crippen LogP contribution in [0, 0.1) is 0 Å². The number of anilines is 1. The number of hydrogen-bond acceptors (Lipinski definition) is 2. The minimum Gasteiger partial charge on any atom is -0.384 e. The molecule has 1 aliphatic rings. The molecule has 2 unspecified atom stereocenters. The lowest BCUT2D eigenvalue weighted by Crippen LogP contribution is -2.10. The molecule has 0 spiro atoms. The molecule has 2 atom stereocenters. The Balaban J connectivity index is 1.95. The fourth-order valence-electron chi connectivity index (χ4n) is 2.76. The normalized spacial score (nSPS) is 18.2. The minimum atomic E-state index is -0.722. The first-order chi connectivity index (χ1) is 10.1. The topological polar surface area (TPSA) is 49.3 Å². The van der Waals surface area contributed by atoms with Crippen molar-refractivity contribution in [3.05, 3.63) is 64.2 Å². The number of benzene rings is 2. The van der Waals surface area contributed by atoms with Gasteiger partial charge in [-0.1, -0.05) is 36.7 Å². The van der Waals surface area contributed by atoms with Gasteiger partial charge in [0.1, 0.15) is 6.10 Å². The predicted molar refractivity (Wildman–Crippen MR) is 83.6 cm³/mol. The van der Waals surface area contributed by atoms with Gasteiger partial charge >= 0.3 is 0 Å². The first-order valence-electron chi connectivity index (χ1n) is 6.98. The lowest BCUT2D eigenvalue weighted by Gasteiger charge is -2.14. The number of nitrogens with one attached hydrogen (secondary N) is 1. The van der Waals surface area contributed by atoms with Gasteiger partial charge in [-0.25, -0.2) is 0 Å². The highest BCUT2D eigenvalue weighted by Crippen LogP contribution is 2.37. The molecule has 108 valence electrons. The van der Waals surface area contributed by atoms with Gasteiger partial charge in [-0.3, -0.25) is 4.79 Å². The molecular formula is C17H16ClNO2. The van der Waals surface area contributed by atoms with Crippen LogP contribution in [0.15, 0.2) is 42.5 Å². The minimum absolute atomic E-state index is 0.0330. The Hall–Kier alpha value is -1.84. The highest BCUT2D eigenvalue weighted by molar-refractivity contribution is 6.30. The van der Waals surface area contributed by atoms with Crippen molar-refractivity contribution in [1.29, 1.82) is 0 Å². The van der Waals surface area contributed by atoms with E-state index in [1.165, 1.54) is 0 Å². The fraction of sp³-hybridized carbons (Fsp3) is 0.235. The third-order valence-corrected chi connectivity index (χ3v) is 4.19. The largest absolute Gasteiger partial charge is 0.384 e. The quantitative estimate of drug-likeness (QED) is 0.904. The Morgan fingerprint density at radius 2 is 1.86 bits per heavy atom. The molecule has 0 fully saturated rings. The number of hydrogen-bond donors (Lipinski definition) is 2. The summed E-state index contributed by atoms with van der Waals surface area (Å²) >= 11 is 5.87. The van der Waals surface area contributed by atoms with Crippen LogP contribution >= 0.6 is 11.6 Å². The Morgan fingerprint density at radius 3 is 2.52 bits per heavy atom. The van der Waals surface area contributed by atoms with E-state index >= 15 is 0 Å². The lowest BCUT2D eigenvalue weighted by atomic mass is 9.93. The number of aliphatic hydroxyl groups excluding tert-OH is 1. The van der Waals surface area contributed by atoms with E-state index in [0.29, 0.717) is 5.02 Å². The van der Waals surface area contributed by atoms with E-state index < -0.39 is 6.10 Å². The van der Waals surface area contributed by atoms with Gasteiger partial charge in [0.15, 0.2) is 0 Å². The molecule has 0 aliphatic carbocycles. The molecule has 0 radical (unpaired) electrons. The summed E-state index contributed by atoms with van der Waals surface area (Å²) in [6, 6.07) is 12.7. The van der Waals surface area contributed by atoms with Crippen LogP contribution in [-0.4, -0.2) is 11.0 Å². The summed E-state index contributed by atoms with van der Waals surface area (Å²) in [6.45, 7) is 1.99. The average molecular weight is 302 g/mol. The summed E-state index contributed by atoms with van der Waals surface area (Å²) < 4.78 is 0. The molecular weight excluding hydrogens is 286 g/mol. The van der Waals surface area contributed by atoms with Gasteiger partial charge in [0.25, 0.3) is 0 Å². The molecule has 3 rings (SSSR count). The number of carbonyl (C=O) groups excluding carboxylic acids is 1. The maximum atomic E-state index is 11.9. The Bertz CT molecular complexity index is 682. The average Bonchev–Trinajstić information content (AvgIpc) is 2.81. The highest BCUT2D eigenvalue weighted by Gasteiger charge is 2.29. The molecule has 21 heavy (non-hydrogen) atoms. The molecule has 2 aromatic carbocycles. The Morgan fingerprint density at radius 1 is 1.19 bits per heavy atom.